The maximum atomic E-state index is 12.0. The van der Waals surface area contributed by atoms with Crippen LogP contribution in [-0.2, 0) is 10.2 Å². The minimum absolute atomic E-state index is 0. The van der Waals surface area contributed by atoms with Crippen molar-refractivity contribution in [2.75, 3.05) is 25.0 Å². The number of hydrogen-bond donors (Lipinski definition) is 4. The molecule has 0 aliphatic rings. The summed E-state index contributed by atoms with van der Waals surface area (Å²) in [7, 11) is 0. The van der Waals surface area contributed by atoms with E-state index in [2.05, 4.69) is 46.7 Å². The fourth-order valence-corrected chi connectivity index (χ4v) is 2.65. The highest BCUT2D eigenvalue weighted by molar-refractivity contribution is 14.0. The van der Waals surface area contributed by atoms with Gasteiger partial charge < -0.3 is 21.1 Å². The van der Waals surface area contributed by atoms with Crippen molar-refractivity contribution in [2.45, 2.75) is 39.2 Å². The van der Waals surface area contributed by atoms with Crippen molar-refractivity contribution in [3.63, 3.8) is 0 Å². The maximum absolute atomic E-state index is 12.0. The number of amides is 1. The summed E-state index contributed by atoms with van der Waals surface area (Å²) in [6.07, 6.45) is 2.53. The Bertz CT molecular complexity index is 805. The second-order valence-corrected chi connectivity index (χ2v) is 7.75. The van der Waals surface area contributed by atoms with E-state index in [0.29, 0.717) is 18.2 Å². The number of nitrogens with one attached hydrogen (secondary N) is 3. The molecule has 30 heavy (non-hydrogen) atoms. The van der Waals surface area contributed by atoms with E-state index in [1.54, 1.807) is 24.5 Å². The summed E-state index contributed by atoms with van der Waals surface area (Å²) in [5.74, 6) is 0.229. The smallest absolute Gasteiger partial charge is 0.246 e. The Kier molecular flexibility index (Phi) is 10.8. The van der Waals surface area contributed by atoms with Crippen LogP contribution in [0.2, 0.25) is 0 Å². The Balaban J connectivity index is 0.00000450. The van der Waals surface area contributed by atoms with Gasteiger partial charge in [-0.15, -0.1) is 24.0 Å². The number of carbonyl (C=O) groups excluding carboxylic acids is 1. The van der Waals surface area contributed by atoms with Crippen LogP contribution in [0.15, 0.2) is 53.8 Å². The van der Waals surface area contributed by atoms with Crippen LogP contribution in [0, 0.1) is 0 Å². The maximum Gasteiger partial charge on any atom is 0.246 e. The fraction of sp³-hybridized carbons (Fsp3) is 0.409. The number of rotatable bonds is 7. The van der Waals surface area contributed by atoms with Crippen molar-refractivity contribution in [2.24, 2.45) is 4.99 Å². The van der Waals surface area contributed by atoms with Gasteiger partial charge in [-0.05, 0) is 35.6 Å². The van der Waals surface area contributed by atoms with Crippen LogP contribution >= 0.6 is 24.0 Å². The van der Waals surface area contributed by atoms with Gasteiger partial charge in [-0.1, -0.05) is 45.0 Å². The Morgan fingerprint density at radius 3 is 2.43 bits per heavy atom. The van der Waals surface area contributed by atoms with Crippen LogP contribution in [0.1, 0.15) is 44.9 Å². The minimum atomic E-state index is -0.683. The van der Waals surface area contributed by atoms with Crippen LogP contribution in [0.5, 0.6) is 0 Å². The SMILES string of the molecule is CCNC(=NCC(=O)Nc1cccnc1)NCC(O)c1ccc(C(C)(C)C)cc1.I. The van der Waals surface area contributed by atoms with E-state index in [0.717, 1.165) is 5.56 Å². The van der Waals surface area contributed by atoms with Gasteiger partial charge in [0.15, 0.2) is 5.96 Å². The van der Waals surface area contributed by atoms with Gasteiger partial charge in [-0.2, -0.15) is 0 Å². The number of anilines is 1. The third-order valence-corrected chi connectivity index (χ3v) is 4.29. The van der Waals surface area contributed by atoms with Crippen LogP contribution < -0.4 is 16.0 Å². The lowest BCUT2D eigenvalue weighted by atomic mass is 9.86. The first-order valence-corrected chi connectivity index (χ1v) is 9.80. The molecule has 0 aliphatic heterocycles. The number of aromatic nitrogens is 1. The molecule has 0 spiro atoms. The summed E-state index contributed by atoms with van der Waals surface area (Å²) in [4.78, 5) is 20.3. The Morgan fingerprint density at radius 1 is 1.17 bits per heavy atom. The Hall–Kier alpha value is -2.20. The number of carbonyl (C=O) groups is 1. The molecule has 1 heterocycles. The number of halogens is 1. The molecule has 0 fully saturated rings. The highest BCUT2D eigenvalue weighted by Gasteiger charge is 2.15. The number of pyridine rings is 1. The monoisotopic (exact) mass is 525 g/mol. The van der Waals surface area contributed by atoms with Gasteiger partial charge in [0.25, 0.3) is 0 Å². The lowest BCUT2D eigenvalue weighted by Crippen LogP contribution is -2.40. The van der Waals surface area contributed by atoms with Gasteiger partial charge in [0.2, 0.25) is 5.91 Å². The first-order chi connectivity index (χ1) is 13.8. The van der Waals surface area contributed by atoms with Gasteiger partial charge in [0.1, 0.15) is 6.54 Å². The first-order valence-electron chi connectivity index (χ1n) is 9.80. The highest BCUT2D eigenvalue weighted by atomic mass is 127. The molecule has 1 aromatic carbocycles. The molecule has 0 radical (unpaired) electrons. The number of aliphatic imine (C=N–C) groups is 1. The molecular weight excluding hydrogens is 493 g/mol. The Morgan fingerprint density at radius 2 is 1.87 bits per heavy atom. The van der Waals surface area contributed by atoms with Crippen molar-refractivity contribution >= 4 is 41.5 Å². The average molecular weight is 525 g/mol. The van der Waals surface area contributed by atoms with Gasteiger partial charge in [-0.3, -0.25) is 9.78 Å². The van der Waals surface area contributed by atoms with Gasteiger partial charge in [0, 0.05) is 19.3 Å². The summed E-state index contributed by atoms with van der Waals surface area (Å²) in [5, 5.41) is 19.4. The second-order valence-electron chi connectivity index (χ2n) is 7.75. The van der Waals surface area contributed by atoms with E-state index in [-0.39, 0.29) is 48.4 Å². The average Bonchev–Trinajstić information content (AvgIpc) is 2.70. The van der Waals surface area contributed by atoms with Gasteiger partial charge >= 0.3 is 0 Å². The highest BCUT2D eigenvalue weighted by Crippen LogP contribution is 2.23. The summed E-state index contributed by atoms with van der Waals surface area (Å²) in [6.45, 7) is 9.29. The number of benzene rings is 1. The van der Waals surface area contributed by atoms with Crippen molar-refractivity contribution in [3.05, 3.63) is 59.9 Å². The van der Waals surface area contributed by atoms with E-state index >= 15 is 0 Å². The molecule has 1 unspecified atom stereocenters. The van der Waals surface area contributed by atoms with E-state index in [1.165, 1.54) is 5.56 Å². The zero-order valence-corrected chi connectivity index (χ0v) is 20.3. The molecule has 2 aromatic rings. The quantitative estimate of drug-likeness (QED) is 0.253. The molecule has 0 saturated heterocycles. The lowest BCUT2D eigenvalue weighted by molar-refractivity contribution is -0.114. The van der Waals surface area contributed by atoms with Gasteiger partial charge in [0.05, 0.1) is 18.0 Å². The largest absolute Gasteiger partial charge is 0.387 e. The lowest BCUT2D eigenvalue weighted by Gasteiger charge is -2.20. The molecule has 8 heteroatoms. The molecule has 7 nitrogen and oxygen atoms in total. The van der Waals surface area contributed by atoms with Crippen molar-refractivity contribution in [1.29, 1.82) is 0 Å². The second kappa shape index (κ2) is 12.5. The Labute approximate surface area is 195 Å². The standard InChI is InChI=1S/C22H31N5O2.HI/c1-5-24-21(26-15-20(29)27-18-7-6-12-23-13-18)25-14-19(28)16-8-10-17(11-9-16)22(2,3)4;/h6-13,19,28H,5,14-15H2,1-4H3,(H,27,29)(H2,24,25,26);1H. The summed E-state index contributed by atoms with van der Waals surface area (Å²) >= 11 is 0. The van der Waals surface area contributed by atoms with Gasteiger partial charge in [-0.25, -0.2) is 4.99 Å². The molecule has 1 aromatic heterocycles. The number of nitrogens with zero attached hydrogens (tertiary/aromatic N) is 2. The zero-order valence-electron chi connectivity index (χ0n) is 18.0. The molecule has 164 valence electrons. The summed E-state index contributed by atoms with van der Waals surface area (Å²) in [5.41, 5.74) is 2.74. The number of aliphatic hydroxyl groups excluding tert-OH is 1. The van der Waals surface area contributed by atoms with E-state index < -0.39 is 6.10 Å². The molecule has 0 bridgehead atoms. The molecule has 0 aliphatic carbocycles. The molecule has 4 N–H and O–H groups in total. The predicted molar refractivity (Wildman–Crippen MR) is 132 cm³/mol. The van der Waals surface area contributed by atoms with Crippen LogP contribution in [0.3, 0.4) is 0 Å². The van der Waals surface area contributed by atoms with E-state index in [9.17, 15) is 9.90 Å². The number of guanidine groups is 1. The fourth-order valence-electron chi connectivity index (χ4n) is 2.65. The van der Waals surface area contributed by atoms with E-state index in [4.69, 9.17) is 0 Å². The zero-order chi connectivity index (χ0) is 21.3. The minimum Gasteiger partial charge on any atom is -0.387 e. The van der Waals surface area contributed by atoms with Crippen LogP contribution in [-0.4, -0.2) is 41.6 Å². The third kappa shape index (κ3) is 8.66. The van der Waals surface area contributed by atoms with E-state index in [1.807, 2.05) is 31.2 Å². The predicted octanol–water partition coefficient (Wildman–Crippen LogP) is 3.22. The normalized spacial score (nSPS) is 12.5. The third-order valence-electron chi connectivity index (χ3n) is 4.29. The number of hydrogen-bond acceptors (Lipinski definition) is 4. The van der Waals surface area contributed by atoms with Crippen molar-refractivity contribution < 1.29 is 9.90 Å². The molecule has 2 rings (SSSR count). The van der Waals surface area contributed by atoms with Crippen molar-refractivity contribution in [1.82, 2.24) is 15.6 Å². The van der Waals surface area contributed by atoms with Crippen LogP contribution in [0.25, 0.3) is 0 Å². The van der Waals surface area contributed by atoms with Crippen molar-refractivity contribution in [3.8, 4) is 0 Å². The van der Waals surface area contributed by atoms with Crippen LogP contribution in [0.4, 0.5) is 5.69 Å². The number of aliphatic hydroxyl groups is 1. The first kappa shape index (κ1) is 25.8. The topological polar surface area (TPSA) is 98.6 Å². The summed E-state index contributed by atoms with van der Waals surface area (Å²) in [6, 6.07) is 11.5. The molecular formula is C22H32IN5O2. The molecule has 1 amide bonds. The summed E-state index contributed by atoms with van der Waals surface area (Å²) < 4.78 is 0. The molecule has 1 atom stereocenters. The molecule has 0 saturated carbocycles.